The van der Waals surface area contributed by atoms with Crippen LogP contribution in [0.2, 0.25) is 5.02 Å². The van der Waals surface area contributed by atoms with Gasteiger partial charge < -0.3 is 4.40 Å². The van der Waals surface area contributed by atoms with Crippen molar-refractivity contribution >= 4 is 29.2 Å². The number of pyridine rings is 1. The molecule has 0 saturated carbocycles. The van der Waals surface area contributed by atoms with Crippen molar-refractivity contribution in [3.8, 4) is 0 Å². The van der Waals surface area contributed by atoms with Crippen molar-refractivity contribution in [2.24, 2.45) is 0 Å². The lowest BCUT2D eigenvalue weighted by Crippen LogP contribution is -2.02. The second kappa shape index (κ2) is 6.10. The highest BCUT2D eigenvalue weighted by molar-refractivity contribution is 7.97. The summed E-state index contributed by atoms with van der Waals surface area (Å²) in [5.41, 5.74) is 4.50. The molecule has 0 amide bonds. The zero-order valence-electron chi connectivity index (χ0n) is 11.9. The average molecular weight is 318 g/mol. The van der Waals surface area contributed by atoms with Crippen molar-refractivity contribution in [2.45, 2.75) is 25.3 Å². The number of hydrogen-bond acceptors (Lipinski definition) is 3. The first-order valence-corrected chi connectivity index (χ1v) is 7.91. The van der Waals surface area contributed by atoms with Gasteiger partial charge in [0, 0.05) is 22.3 Å². The van der Waals surface area contributed by atoms with Crippen LogP contribution in [0.4, 0.5) is 0 Å². The molecule has 0 fully saturated rings. The fourth-order valence-corrected chi connectivity index (χ4v) is 3.06. The Balaban J connectivity index is 1.68. The van der Waals surface area contributed by atoms with E-state index in [0.29, 0.717) is 6.54 Å². The lowest BCUT2D eigenvalue weighted by Gasteiger charge is -2.01. The van der Waals surface area contributed by atoms with Crippen LogP contribution in [0, 0.1) is 13.8 Å². The molecule has 3 rings (SSSR count). The third kappa shape index (κ3) is 3.40. The molecular weight excluding hydrogens is 302 g/mol. The molecular formula is C16H16ClN3S. The number of fused-ring (bicyclic) bond motifs is 1. The summed E-state index contributed by atoms with van der Waals surface area (Å²) in [6.07, 6.45) is 4.18. The molecule has 2 heterocycles. The maximum absolute atomic E-state index is 5.87. The van der Waals surface area contributed by atoms with Crippen LogP contribution in [0.1, 0.15) is 16.8 Å². The van der Waals surface area contributed by atoms with E-state index in [-0.39, 0.29) is 0 Å². The minimum Gasteiger partial charge on any atom is -0.306 e. The van der Waals surface area contributed by atoms with Crippen LogP contribution in [0.25, 0.3) is 5.65 Å². The van der Waals surface area contributed by atoms with Crippen LogP contribution in [0.5, 0.6) is 0 Å². The molecule has 0 aliphatic heterocycles. The summed E-state index contributed by atoms with van der Waals surface area (Å²) in [7, 11) is 0. The molecule has 0 atom stereocenters. The van der Waals surface area contributed by atoms with Gasteiger partial charge in [0.25, 0.3) is 0 Å². The molecule has 0 saturated heterocycles. The number of rotatable bonds is 4. The van der Waals surface area contributed by atoms with Crippen molar-refractivity contribution in [3.63, 3.8) is 0 Å². The lowest BCUT2D eigenvalue weighted by molar-refractivity contribution is 0.936. The van der Waals surface area contributed by atoms with E-state index in [1.165, 1.54) is 11.1 Å². The third-order valence-electron chi connectivity index (χ3n) is 3.18. The number of hydrogen-bond donors (Lipinski definition) is 1. The van der Waals surface area contributed by atoms with Crippen LogP contribution in [-0.2, 0) is 6.54 Å². The van der Waals surface area contributed by atoms with Gasteiger partial charge in [0.1, 0.15) is 5.65 Å². The molecule has 0 radical (unpaired) electrons. The fourth-order valence-electron chi connectivity index (χ4n) is 2.28. The number of imidazole rings is 1. The van der Waals surface area contributed by atoms with Gasteiger partial charge in [0.05, 0.1) is 12.2 Å². The summed E-state index contributed by atoms with van der Waals surface area (Å²) >= 11 is 7.46. The first kappa shape index (κ1) is 14.4. The van der Waals surface area contributed by atoms with Crippen LogP contribution in [0.15, 0.2) is 47.6 Å². The molecule has 3 aromatic rings. The minimum atomic E-state index is 0.716. The molecule has 1 aromatic carbocycles. The van der Waals surface area contributed by atoms with Crippen molar-refractivity contribution < 1.29 is 0 Å². The number of nitrogens with zero attached hydrogens (tertiary/aromatic N) is 2. The quantitative estimate of drug-likeness (QED) is 0.723. The summed E-state index contributed by atoms with van der Waals surface area (Å²) < 4.78 is 5.42. The Kier molecular flexibility index (Phi) is 4.19. The van der Waals surface area contributed by atoms with E-state index in [1.807, 2.05) is 24.3 Å². The Bertz CT molecular complexity index is 765. The number of aromatic nitrogens is 2. The Labute approximate surface area is 133 Å². The molecule has 108 valence electrons. The van der Waals surface area contributed by atoms with E-state index in [0.717, 1.165) is 21.3 Å². The molecule has 1 N–H and O–H groups in total. The van der Waals surface area contributed by atoms with E-state index in [4.69, 9.17) is 11.6 Å². The van der Waals surface area contributed by atoms with E-state index in [2.05, 4.69) is 46.4 Å². The normalized spacial score (nSPS) is 11.2. The van der Waals surface area contributed by atoms with Crippen molar-refractivity contribution in [3.05, 3.63) is 64.6 Å². The topological polar surface area (TPSA) is 29.3 Å². The smallest absolute Gasteiger partial charge is 0.140 e. The maximum atomic E-state index is 5.87. The summed E-state index contributed by atoms with van der Waals surface area (Å²) in [6, 6.07) is 9.93. The Morgan fingerprint density at radius 1 is 1.19 bits per heavy atom. The molecule has 3 nitrogen and oxygen atoms in total. The van der Waals surface area contributed by atoms with E-state index in [1.54, 1.807) is 11.9 Å². The Morgan fingerprint density at radius 2 is 1.95 bits per heavy atom. The van der Waals surface area contributed by atoms with Gasteiger partial charge in [0.2, 0.25) is 0 Å². The number of aryl methyl sites for hydroxylation is 2. The number of halogens is 1. The van der Waals surface area contributed by atoms with Gasteiger partial charge in [-0.2, -0.15) is 0 Å². The molecule has 0 aliphatic rings. The predicted octanol–water partition coefficient (Wildman–Crippen LogP) is 4.40. The summed E-state index contributed by atoms with van der Waals surface area (Å²) in [5.74, 6) is 0. The van der Waals surface area contributed by atoms with Crippen molar-refractivity contribution in [1.82, 2.24) is 14.1 Å². The molecule has 0 spiro atoms. The Hall–Kier alpha value is -1.49. The van der Waals surface area contributed by atoms with Gasteiger partial charge in [-0.25, -0.2) is 4.98 Å². The van der Waals surface area contributed by atoms with Gasteiger partial charge in [-0.1, -0.05) is 17.7 Å². The monoisotopic (exact) mass is 317 g/mol. The minimum absolute atomic E-state index is 0.716. The van der Waals surface area contributed by atoms with Crippen molar-refractivity contribution in [2.75, 3.05) is 0 Å². The third-order valence-corrected chi connectivity index (χ3v) is 4.23. The van der Waals surface area contributed by atoms with E-state index < -0.39 is 0 Å². The standard InChI is InChI=1S/C16H16ClN3S/c1-11-7-12(2)16-19-14(10-20(16)9-11)8-18-21-15-5-3-13(17)4-6-15/h3-7,9-10,18H,8H2,1-2H3. The van der Waals surface area contributed by atoms with Crippen LogP contribution < -0.4 is 4.72 Å². The van der Waals surface area contributed by atoms with Gasteiger partial charge in [0.15, 0.2) is 0 Å². The van der Waals surface area contributed by atoms with Gasteiger partial charge in [-0.3, -0.25) is 4.72 Å². The summed E-state index contributed by atoms with van der Waals surface area (Å²) in [5, 5.41) is 0.755. The maximum Gasteiger partial charge on any atom is 0.140 e. The summed E-state index contributed by atoms with van der Waals surface area (Å²) in [4.78, 5) is 5.80. The molecule has 21 heavy (non-hydrogen) atoms. The highest BCUT2D eigenvalue weighted by Crippen LogP contribution is 2.18. The van der Waals surface area contributed by atoms with E-state index >= 15 is 0 Å². The average Bonchev–Trinajstić information content (AvgIpc) is 2.84. The SMILES string of the molecule is Cc1cc(C)c2nc(CNSc3ccc(Cl)cc3)cn2c1. The van der Waals surface area contributed by atoms with Crippen LogP contribution in [-0.4, -0.2) is 9.38 Å². The highest BCUT2D eigenvalue weighted by atomic mass is 35.5. The first-order chi connectivity index (χ1) is 10.1. The zero-order valence-corrected chi connectivity index (χ0v) is 13.5. The largest absolute Gasteiger partial charge is 0.306 e. The first-order valence-electron chi connectivity index (χ1n) is 6.72. The molecule has 5 heteroatoms. The lowest BCUT2D eigenvalue weighted by atomic mass is 10.2. The second-order valence-corrected chi connectivity index (χ2v) is 6.44. The number of nitrogens with one attached hydrogen (secondary N) is 1. The van der Waals surface area contributed by atoms with Crippen LogP contribution in [0.3, 0.4) is 0 Å². The Morgan fingerprint density at radius 3 is 2.71 bits per heavy atom. The molecule has 0 unspecified atom stereocenters. The number of benzene rings is 1. The van der Waals surface area contributed by atoms with E-state index in [9.17, 15) is 0 Å². The van der Waals surface area contributed by atoms with Gasteiger partial charge >= 0.3 is 0 Å². The second-order valence-electron chi connectivity index (χ2n) is 5.04. The fraction of sp³-hybridized carbons (Fsp3) is 0.188. The van der Waals surface area contributed by atoms with Gasteiger partial charge in [-0.15, -0.1) is 0 Å². The molecule has 0 aliphatic carbocycles. The van der Waals surface area contributed by atoms with Crippen molar-refractivity contribution in [1.29, 1.82) is 0 Å². The zero-order chi connectivity index (χ0) is 14.8. The predicted molar refractivity (Wildman–Crippen MR) is 88.8 cm³/mol. The van der Waals surface area contributed by atoms with Crippen LogP contribution >= 0.6 is 23.5 Å². The molecule has 2 aromatic heterocycles. The van der Waals surface area contributed by atoms with Gasteiger partial charge in [-0.05, 0) is 61.2 Å². The highest BCUT2D eigenvalue weighted by Gasteiger charge is 2.05. The summed E-state index contributed by atoms with van der Waals surface area (Å²) in [6.45, 7) is 4.91. The molecule has 0 bridgehead atoms.